The molecule has 2 rings (SSSR count). The van der Waals surface area contributed by atoms with Gasteiger partial charge in [-0.1, -0.05) is 12.2 Å². The number of carbonyl (C=O) groups is 5. The number of likely N-dealkylation sites (tertiary alicyclic amines) is 1. The van der Waals surface area contributed by atoms with E-state index in [0.717, 1.165) is 9.80 Å². The van der Waals surface area contributed by atoms with E-state index in [4.69, 9.17) is 4.74 Å². The van der Waals surface area contributed by atoms with E-state index in [1.807, 2.05) is 12.2 Å². The van der Waals surface area contributed by atoms with E-state index in [1.165, 1.54) is 21.0 Å². The minimum atomic E-state index is -1.10. The average molecular weight is 365 g/mol. The van der Waals surface area contributed by atoms with E-state index >= 15 is 0 Å². The number of hydrogen-bond acceptors (Lipinski definition) is 6. The summed E-state index contributed by atoms with van der Waals surface area (Å²) in [6.07, 6.45) is 4.69. The van der Waals surface area contributed by atoms with Crippen LogP contribution in [0.2, 0.25) is 0 Å². The number of esters is 1. The van der Waals surface area contributed by atoms with Gasteiger partial charge in [-0.2, -0.15) is 0 Å². The maximum Gasteiger partial charge on any atom is 0.329 e. The number of nitrogens with zero attached hydrogens (tertiary/aromatic N) is 2. The molecule has 1 aliphatic heterocycles. The van der Waals surface area contributed by atoms with Gasteiger partial charge in [0.2, 0.25) is 17.7 Å². The molecule has 0 aromatic carbocycles. The molecule has 0 aromatic rings. The molecular weight excluding hydrogens is 342 g/mol. The van der Waals surface area contributed by atoms with Gasteiger partial charge in [0.05, 0.1) is 18.4 Å². The first-order valence-corrected chi connectivity index (χ1v) is 8.41. The number of allylic oxidation sites excluding steroid dienone is 2. The Kier molecular flexibility index (Phi) is 6.12. The van der Waals surface area contributed by atoms with E-state index in [9.17, 15) is 24.0 Å². The van der Waals surface area contributed by atoms with E-state index < -0.39 is 36.4 Å². The van der Waals surface area contributed by atoms with Gasteiger partial charge in [-0.25, -0.2) is 4.79 Å². The van der Waals surface area contributed by atoms with Crippen molar-refractivity contribution in [3.8, 4) is 0 Å². The lowest BCUT2D eigenvalue weighted by Crippen LogP contribution is -2.45. The predicted octanol–water partition coefficient (Wildman–Crippen LogP) is -0.926. The van der Waals surface area contributed by atoms with Crippen molar-refractivity contribution >= 4 is 29.6 Å². The van der Waals surface area contributed by atoms with Crippen LogP contribution >= 0.6 is 0 Å². The van der Waals surface area contributed by atoms with Gasteiger partial charge in [-0.15, -0.1) is 0 Å². The van der Waals surface area contributed by atoms with Crippen LogP contribution in [-0.2, 0) is 28.7 Å². The molecule has 0 saturated carbocycles. The second-order valence-corrected chi connectivity index (χ2v) is 6.41. The lowest BCUT2D eigenvalue weighted by atomic mass is 9.85. The Morgan fingerprint density at radius 3 is 2.27 bits per heavy atom. The molecule has 4 amide bonds. The van der Waals surface area contributed by atoms with E-state index in [2.05, 4.69) is 5.32 Å². The Balaban J connectivity index is 1.91. The molecular formula is C17H23N3O6. The summed E-state index contributed by atoms with van der Waals surface area (Å²) in [5, 5.41) is 2.38. The SMILES string of the molecule is CNC(=O)CN(C)C(=O)COC(=O)[C@H](C)N1C(=O)[C@@H]2CC=CC[C@H]2C1=O. The second-order valence-electron chi connectivity index (χ2n) is 6.41. The van der Waals surface area contributed by atoms with Gasteiger partial charge in [0.25, 0.3) is 5.91 Å². The number of hydrogen-bond donors (Lipinski definition) is 1. The van der Waals surface area contributed by atoms with Crippen LogP contribution in [-0.4, -0.2) is 72.7 Å². The molecule has 2 aliphatic rings. The molecule has 0 bridgehead atoms. The largest absolute Gasteiger partial charge is 0.454 e. The van der Waals surface area contributed by atoms with Crippen molar-refractivity contribution in [2.45, 2.75) is 25.8 Å². The third-order valence-corrected chi connectivity index (χ3v) is 4.69. The molecule has 1 N–H and O–H groups in total. The first-order chi connectivity index (χ1) is 12.3. The highest BCUT2D eigenvalue weighted by atomic mass is 16.5. The highest BCUT2D eigenvalue weighted by molar-refractivity contribution is 6.08. The van der Waals surface area contributed by atoms with Crippen molar-refractivity contribution in [1.29, 1.82) is 0 Å². The standard InChI is InChI=1S/C17H23N3O6/c1-10(17(25)26-9-14(22)19(3)8-13(21)18-2)20-15(23)11-6-4-5-7-12(11)16(20)24/h4-5,10-12H,6-9H2,1-3H3,(H,18,21)/t10-,11+,12+/m0/s1. The molecule has 9 heteroatoms. The zero-order valence-electron chi connectivity index (χ0n) is 15.1. The predicted molar refractivity (Wildman–Crippen MR) is 89.3 cm³/mol. The summed E-state index contributed by atoms with van der Waals surface area (Å²) in [6, 6.07) is -1.10. The number of fused-ring (bicyclic) bond motifs is 1. The summed E-state index contributed by atoms with van der Waals surface area (Å²) in [4.78, 5) is 62.3. The maximum absolute atomic E-state index is 12.4. The molecule has 0 aromatic heterocycles. The van der Waals surface area contributed by atoms with Gasteiger partial charge in [-0.3, -0.25) is 24.1 Å². The van der Waals surface area contributed by atoms with Crippen LogP contribution in [0.4, 0.5) is 0 Å². The van der Waals surface area contributed by atoms with Crippen LogP contribution in [0.3, 0.4) is 0 Å². The molecule has 1 saturated heterocycles. The van der Waals surface area contributed by atoms with E-state index in [0.29, 0.717) is 12.8 Å². The first kappa shape index (κ1) is 19.6. The fourth-order valence-electron chi connectivity index (χ4n) is 3.06. The van der Waals surface area contributed by atoms with Crippen molar-refractivity contribution in [2.75, 3.05) is 27.2 Å². The molecule has 142 valence electrons. The molecule has 1 heterocycles. The fraction of sp³-hybridized carbons (Fsp3) is 0.588. The molecule has 3 atom stereocenters. The lowest BCUT2D eigenvalue weighted by Gasteiger charge is -2.22. The number of carbonyl (C=O) groups excluding carboxylic acids is 5. The zero-order valence-corrected chi connectivity index (χ0v) is 15.1. The van der Waals surface area contributed by atoms with Crippen LogP contribution in [0.5, 0.6) is 0 Å². The van der Waals surface area contributed by atoms with Crippen molar-refractivity contribution in [3.05, 3.63) is 12.2 Å². The molecule has 0 radical (unpaired) electrons. The molecule has 9 nitrogen and oxygen atoms in total. The van der Waals surface area contributed by atoms with Crippen molar-refractivity contribution in [1.82, 2.24) is 15.1 Å². The number of imide groups is 1. The lowest BCUT2D eigenvalue weighted by molar-refractivity contribution is -0.161. The fourth-order valence-corrected chi connectivity index (χ4v) is 3.06. The quantitative estimate of drug-likeness (QED) is 0.370. The summed E-state index contributed by atoms with van der Waals surface area (Å²) in [6.45, 7) is 0.671. The van der Waals surface area contributed by atoms with E-state index in [1.54, 1.807) is 0 Å². The molecule has 1 fully saturated rings. The third kappa shape index (κ3) is 3.92. The minimum absolute atomic E-state index is 0.165. The molecule has 0 spiro atoms. The Labute approximate surface area is 151 Å². The summed E-state index contributed by atoms with van der Waals surface area (Å²) >= 11 is 0. The van der Waals surface area contributed by atoms with Gasteiger partial charge in [0, 0.05) is 14.1 Å². The first-order valence-electron chi connectivity index (χ1n) is 8.41. The molecule has 0 unspecified atom stereocenters. The van der Waals surface area contributed by atoms with E-state index in [-0.39, 0.29) is 24.3 Å². The average Bonchev–Trinajstić information content (AvgIpc) is 2.89. The minimum Gasteiger partial charge on any atom is -0.454 e. The Morgan fingerprint density at radius 1 is 1.23 bits per heavy atom. The maximum atomic E-state index is 12.4. The second kappa shape index (κ2) is 8.11. The smallest absolute Gasteiger partial charge is 0.329 e. The number of likely N-dealkylation sites (N-methyl/N-ethyl adjacent to an activating group) is 2. The van der Waals surface area contributed by atoms with Crippen LogP contribution in [0.25, 0.3) is 0 Å². The number of nitrogens with one attached hydrogen (secondary N) is 1. The third-order valence-electron chi connectivity index (χ3n) is 4.69. The zero-order chi connectivity index (χ0) is 19.4. The summed E-state index contributed by atoms with van der Waals surface area (Å²) < 4.78 is 4.94. The summed E-state index contributed by atoms with van der Waals surface area (Å²) in [5.41, 5.74) is 0. The normalized spacial score (nSPS) is 22.7. The van der Waals surface area contributed by atoms with Crippen LogP contribution < -0.4 is 5.32 Å². The van der Waals surface area contributed by atoms with Gasteiger partial charge in [-0.05, 0) is 19.8 Å². The number of ether oxygens (including phenoxy) is 1. The van der Waals surface area contributed by atoms with Gasteiger partial charge in [0.15, 0.2) is 6.61 Å². The van der Waals surface area contributed by atoms with Gasteiger partial charge >= 0.3 is 5.97 Å². The molecule has 1 aliphatic carbocycles. The summed E-state index contributed by atoms with van der Waals surface area (Å²) in [5.74, 6) is -3.36. The highest BCUT2D eigenvalue weighted by Gasteiger charge is 2.50. The van der Waals surface area contributed by atoms with Crippen molar-refractivity contribution in [3.63, 3.8) is 0 Å². The number of amides is 4. The van der Waals surface area contributed by atoms with Crippen LogP contribution in [0.1, 0.15) is 19.8 Å². The van der Waals surface area contributed by atoms with Crippen molar-refractivity contribution < 1.29 is 28.7 Å². The topological polar surface area (TPSA) is 113 Å². The van der Waals surface area contributed by atoms with Crippen LogP contribution in [0, 0.1) is 11.8 Å². The Bertz CT molecular complexity index is 633. The summed E-state index contributed by atoms with van der Waals surface area (Å²) in [7, 11) is 2.85. The Morgan fingerprint density at radius 2 is 1.77 bits per heavy atom. The highest BCUT2D eigenvalue weighted by Crippen LogP contribution is 2.36. The molecule has 26 heavy (non-hydrogen) atoms. The van der Waals surface area contributed by atoms with Crippen LogP contribution in [0.15, 0.2) is 12.2 Å². The van der Waals surface area contributed by atoms with Crippen molar-refractivity contribution in [2.24, 2.45) is 11.8 Å². The monoisotopic (exact) mass is 365 g/mol. The van der Waals surface area contributed by atoms with Gasteiger partial charge < -0.3 is 15.0 Å². The number of rotatable bonds is 6. The Hall–Kier alpha value is -2.71. The van der Waals surface area contributed by atoms with Gasteiger partial charge in [0.1, 0.15) is 6.04 Å².